The monoisotopic (exact) mass is 402 g/mol. The second-order valence-electron chi connectivity index (χ2n) is 5.66. The number of benzene rings is 1. The molecule has 2 aromatic rings. The molecule has 5 nitrogen and oxygen atoms in total. The highest BCUT2D eigenvalue weighted by molar-refractivity contribution is 9.10. The summed E-state index contributed by atoms with van der Waals surface area (Å²) in [5.74, 6) is -2.00. The molecule has 0 bridgehead atoms. The van der Waals surface area contributed by atoms with Gasteiger partial charge in [0.1, 0.15) is 0 Å². The highest BCUT2D eigenvalue weighted by Crippen LogP contribution is 2.33. The van der Waals surface area contributed by atoms with E-state index in [1.807, 2.05) is 6.07 Å². The molecule has 1 fully saturated rings. The van der Waals surface area contributed by atoms with Crippen molar-refractivity contribution in [3.05, 3.63) is 40.6 Å². The van der Waals surface area contributed by atoms with Crippen LogP contribution in [-0.2, 0) is 0 Å². The fourth-order valence-electron chi connectivity index (χ4n) is 2.70. The lowest BCUT2D eigenvalue weighted by atomic mass is 9.97. The zero-order valence-corrected chi connectivity index (χ0v) is 14.1. The molecule has 0 aliphatic carbocycles. The summed E-state index contributed by atoms with van der Waals surface area (Å²) in [4.78, 5) is 13.6. The van der Waals surface area contributed by atoms with Gasteiger partial charge in [0.2, 0.25) is 0 Å². The predicted molar refractivity (Wildman–Crippen MR) is 83.7 cm³/mol. The Labute approximate surface area is 144 Å². The molecule has 1 saturated heterocycles. The number of piperidine rings is 1. The Balaban J connectivity index is 1.76. The van der Waals surface area contributed by atoms with E-state index in [1.54, 1.807) is 18.2 Å². The van der Waals surface area contributed by atoms with Gasteiger partial charge in [0.05, 0.1) is 17.8 Å². The SMILES string of the molecule is O=C(c1cn(-c2cccc(Br)c2)nn1)N1CCC[C@@H](C(F)(F)F)C1. The summed E-state index contributed by atoms with van der Waals surface area (Å²) in [5.41, 5.74) is 0.737. The van der Waals surface area contributed by atoms with Gasteiger partial charge in [0, 0.05) is 17.6 Å². The number of alkyl halides is 3. The van der Waals surface area contributed by atoms with Crippen LogP contribution in [0.25, 0.3) is 5.69 Å². The van der Waals surface area contributed by atoms with E-state index in [4.69, 9.17) is 0 Å². The van der Waals surface area contributed by atoms with Crippen molar-refractivity contribution >= 4 is 21.8 Å². The maximum atomic E-state index is 12.9. The van der Waals surface area contributed by atoms with Crippen LogP contribution < -0.4 is 0 Å². The van der Waals surface area contributed by atoms with Gasteiger partial charge in [-0.25, -0.2) is 4.68 Å². The first-order valence-corrected chi connectivity index (χ1v) is 8.18. The van der Waals surface area contributed by atoms with Crippen LogP contribution in [0.4, 0.5) is 13.2 Å². The van der Waals surface area contributed by atoms with Gasteiger partial charge in [-0.2, -0.15) is 13.2 Å². The third-order valence-electron chi connectivity index (χ3n) is 3.96. The van der Waals surface area contributed by atoms with Gasteiger partial charge in [-0.15, -0.1) is 5.10 Å². The number of nitrogens with zero attached hydrogens (tertiary/aromatic N) is 4. The summed E-state index contributed by atoms with van der Waals surface area (Å²) in [7, 11) is 0. The van der Waals surface area contributed by atoms with Crippen molar-refractivity contribution in [2.45, 2.75) is 19.0 Å². The number of likely N-dealkylation sites (tertiary alicyclic amines) is 1. The summed E-state index contributed by atoms with van der Waals surface area (Å²) in [6.07, 6.45) is -2.47. The lowest BCUT2D eigenvalue weighted by Gasteiger charge is -2.33. The second-order valence-corrected chi connectivity index (χ2v) is 6.58. The van der Waals surface area contributed by atoms with Gasteiger partial charge in [-0.3, -0.25) is 4.79 Å². The van der Waals surface area contributed by atoms with E-state index < -0.39 is 18.0 Å². The second kappa shape index (κ2) is 6.54. The minimum atomic E-state index is -4.28. The van der Waals surface area contributed by atoms with Crippen molar-refractivity contribution in [2.24, 2.45) is 5.92 Å². The molecule has 2 heterocycles. The van der Waals surface area contributed by atoms with E-state index in [0.29, 0.717) is 18.7 Å². The van der Waals surface area contributed by atoms with E-state index in [1.165, 1.54) is 15.8 Å². The van der Waals surface area contributed by atoms with E-state index in [9.17, 15) is 18.0 Å². The molecular weight excluding hydrogens is 389 g/mol. The molecule has 1 aromatic carbocycles. The molecule has 1 atom stereocenters. The fourth-order valence-corrected chi connectivity index (χ4v) is 3.08. The first-order valence-electron chi connectivity index (χ1n) is 7.39. The highest BCUT2D eigenvalue weighted by atomic mass is 79.9. The Morgan fingerprint density at radius 3 is 2.83 bits per heavy atom. The molecule has 3 rings (SSSR count). The number of aromatic nitrogens is 3. The van der Waals surface area contributed by atoms with Gasteiger partial charge >= 0.3 is 6.18 Å². The Hall–Kier alpha value is -1.90. The number of hydrogen-bond donors (Lipinski definition) is 0. The largest absolute Gasteiger partial charge is 0.393 e. The lowest BCUT2D eigenvalue weighted by Crippen LogP contribution is -2.44. The fraction of sp³-hybridized carbons (Fsp3) is 0.400. The third kappa shape index (κ3) is 3.61. The third-order valence-corrected chi connectivity index (χ3v) is 4.45. The van der Waals surface area contributed by atoms with E-state index in [-0.39, 0.29) is 18.7 Å². The van der Waals surface area contributed by atoms with E-state index >= 15 is 0 Å². The smallest absolute Gasteiger partial charge is 0.337 e. The van der Waals surface area contributed by atoms with Gasteiger partial charge in [0.25, 0.3) is 5.91 Å². The predicted octanol–water partition coefficient (Wildman–Crippen LogP) is 3.44. The van der Waals surface area contributed by atoms with Crippen LogP contribution in [0.3, 0.4) is 0 Å². The topological polar surface area (TPSA) is 51.0 Å². The average Bonchev–Trinajstić information content (AvgIpc) is 3.03. The molecule has 0 N–H and O–H groups in total. The van der Waals surface area contributed by atoms with Crippen molar-refractivity contribution in [1.82, 2.24) is 19.9 Å². The van der Waals surface area contributed by atoms with Crippen LogP contribution in [0, 0.1) is 5.92 Å². The van der Waals surface area contributed by atoms with Crippen molar-refractivity contribution in [3.63, 3.8) is 0 Å². The zero-order chi connectivity index (χ0) is 17.3. The number of halogens is 4. The summed E-state index contributed by atoms with van der Waals surface area (Å²) in [5, 5.41) is 7.70. The minimum Gasteiger partial charge on any atom is -0.337 e. The summed E-state index contributed by atoms with van der Waals surface area (Å²) >= 11 is 3.34. The average molecular weight is 403 g/mol. The summed E-state index contributed by atoms with van der Waals surface area (Å²) < 4.78 is 40.9. The van der Waals surface area contributed by atoms with Crippen molar-refractivity contribution in [3.8, 4) is 5.69 Å². The van der Waals surface area contributed by atoms with E-state index in [2.05, 4.69) is 26.2 Å². The van der Waals surface area contributed by atoms with Crippen molar-refractivity contribution < 1.29 is 18.0 Å². The molecule has 24 heavy (non-hydrogen) atoms. The maximum absolute atomic E-state index is 12.9. The molecule has 0 radical (unpaired) electrons. The van der Waals surface area contributed by atoms with Gasteiger partial charge in [-0.1, -0.05) is 27.2 Å². The highest BCUT2D eigenvalue weighted by Gasteiger charge is 2.43. The molecule has 1 aliphatic heterocycles. The molecule has 0 spiro atoms. The standard InChI is InChI=1S/C15H14BrF3N4O/c16-11-4-1-5-12(7-11)23-9-13(20-21-23)14(24)22-6-2-3-10(8-22)15(17,18)19/h1,4-5,7,9-10H,2-3,6,8H2/t10-/m1/s1. The molecule has 1 aromatic heterocycles. The lowest BCUT2D eigenvalue weighted by molar-refractivity contribution is -0.184. The Kier molecular flexibility index (Phi) is 4.62. The number of amides is 1. The van der Waals surface area contributed by atoms with Crippen LogP contribution in [0.2, 0.25) is 0 Å². The number of carbonyl (C=O) groups is 1. The van der Waals surface area contributed by atoms with Crippen LogP contribution in [0.1, 0.15) is 23.3 Å². The normalized spacial score (nSPS) is 18.7. The molecule has 1 aliphatic rings. The summed E-state index contributed by atoms with van der Waals surface area (Å²) in [6, 6.07) is 7.23. The minimum absolute atomic E-state index is 0.0396. The molecule has 9 heteroatoms. The van der Waals surface area contributed by atoms with Gasteiger partial charge < -0.3 is 4.90 Å². The van der Waals surface area contributed by atoms with Gasteiger partial charge in [-0.05, 0) is 31.0 Å². The Morgan fingerprint density at radius 2 is 2.12 bits per heavy atom. The number of hydrogen-bond acceptors (Lipinski definition) is 3. The Bertz CT molecular complexity index is 746. The first-order chi connectivity index (χ1) is 11.3. The van der Waals surface area contributed by atoms with Crippen molar-refractivity contribution in [1.29, 1.82) is 0 Å². The van der Waals surface area contributed by atoms with E-state index in [0.717, 1.165) is 4.47 Å². The quantitative estimate of drug-likeness (QED) is 0.772. The zero-order valence-electron chi connectivity index (χ0n) is 12.5. The number of rotatable bonds is 2. The maximum Gasteiger partial charge on any atom is 0.393 e. The van der Waals surface area contributed by atoms with Crippen molar-refractivity contribution in [2.75, 3.05) is 13.1 Å². The van der Waals surface area contributed by atoms with Crippen LogP contribution in [0.15, 0.2) is 34.9 Å². The summed E-state index contributed by atoms with van der Waals surface area (Å²) in [6.45, 7) is -0.0266. The molecule has 0 unspecified atom stereocenters. The number of carbonyl (C=O) groups excluding carboxylic acids is 1. The van der Waals surface area contributed by atoms with Crippen LogP contribution in [0.5, 0.6) is 0 Å². The van der Waals surface area contributed by atoms with Crippen LogP contribution >= 0.6 is 15.9 Å². The molecule has 0 saturated carbocycles. The molecule has 128 valence electrons. The molecular formula is C15H14BrF3N4O. The molecule has 1 amide bonds. The van der Waals surface area contributed by atoms with Crippen LogP contribution in [-0.4, -0.2) is 45.1 Å². The Morgan fingerprint density at radius 1 is 1.33 bits per heavy atom. The van der Waals surface area contributed by atoms with Gasteiger partial charge in [0.15, 0.2) is 5.69 Å². The first kappa shape index (κ1) is 16.9.